The van der Waals surface area contributed by atoms with Crippen molar-refractivity contribution in [1.82, 2.24) is 9.88 Å². The van der Waals surface area contributed by atoms with Gasteiger partial charge in [-0.15, -0.1) is 0 Å². The SMILES string of the molecule is CCC1CC2CN3CCc4c([nH]c5ccc(N)cc45)C(C(C)=O)(C2)C13. The van der Waals surface area contributed by atoms with Crippen molar-refractivity contribution in [3.63, 3.8) is 0 Å². The molecule has 4 bridgehead atoms. The van der Waals surface area contributed by atoms with Crippen LogP contribution in [0.3, 0.4) is 0 Å². The number of anilines is 1. The van der Waals surface area contributed by atoms with Gasteiger partial charge < -0.3 is 10.7 Å². The van der Waals surface area contributed by atoms with Gasteiger partial charge in [0.25, 0.3) is 0 Å². The first-order valence-electron chi connectivity index (χ1n) is 9.70. The summed E-state index contributed by atoms with van der Waals surface area (Å²) in [4.78, 5) is 19.5. The van der Waals surface area contributed by atoms with E-state index in [2.05, 4.69) is 28.9 Å². The summed E-state index contributed by atoms with van der Waals surface area (Å²) in [6.07, 6.45) is 4.47. The number of nitrogen functional groups attached to an aromatic ring is 1. The number of H-pyrrole nitrogens is 1. The van der Waals surface area contributed by atoms with Gasteiger partial charge in [-0.1, -0.05) is 13.3 Å². The largest absolute Gasteiger partial charge is 0.399 e. The number of ketones is 1. The topological polar surface area (TPSA) is 62.1 Å². The number of carbonyl (C=O) groups is 1. The van der Waals surface area contributed by atoms with E-state index in [1.807, 2.05) is 13.0 Å². The maximum atomic E-state index is 13.2. The van der Waals surface area contributed by atoms with E-state index in [9.17, 15) is 4.79 Å². The van der Waals surface area contributed by atoms with Crippen molar-refractivity contribution in [1.29, 1.82) is 0 Å². The summed E-state index contributed by atoms with van der Waals surface area (Å²) >= 11 is 0. The maximum absolute atomic E-state index is 13.2. The van der Waals surface area contributed by atoms with E-state index in [0.717, 1.165) is 37.0 Å². The Morgan fingerprint density at radius 2 is 2.28 bits per heavy atom. The van der Waals surface area contributed by atoms with Crippen LogP contribution in [0, 0.1) is 11.8 Å². The van der Waals surface area contributed by atoms with Crippen molar-refractivity contribution in [3.8, 4) is 0 Å². The molecule has 0 spiro atoms. The maximum Gasteiger partial charge on any atom is 0.143 e. The molecule has 0 radical (unpaired) electrons. The summed E-state index contributed by atoms with van der Waals surface area (Å²) < 4.78 is 0. The Kier molecular flexibility index (Phi) is 3.15. The minimum absolute atomic E-state index is 0.341. The molecule has 1 aromatic carbocycles. The number of piperidine rings is 2. The third-order valence-corrected chi connectivity index (χ3v) is 7.26. The van der Waals surface area contributed by atoms with Crippen molar-refractivity contribution < 1.29 is 4.79 Å². The molecule has 4 heteroatoms. The van der Waals surface area contributed by atoms with Crippen LogP contribution >= 0.6 is 0 Å². The Labute approximate surface area is 148 Å². The summed E-state index contributed by atoms with van der Waals surface area (Å²) in [6.45, 7) is 6.34. The lowest BCUT2D eigenvalue weighted by atomic mass is 9.55. The summed E-state index contributed by atoms with van der Waals surface area (Å²) in [5.41, 5.74) is 10.2. The second-order valence-corrected chi connectivity index (χ2v) is 8.48. The quantitative estimate of drug-likeness (QED) is 0.827. The lowest BCUT2D eigenvalue weighted by Crippen LogP contribution is -2.66. The van der Waals surface area contributed by atoms with E-state index in [0.29, 0.717) is 23.7 Å². The molecule has 6 rings (SSSR count). The van der Waals surface area contributed by atoms with Gasteiger partial charge in [-0.05, 0) is 61.8 Å². The lowest BCUT2D eigenvalue weighted by molar-refractivity contribution is -0.136. The molecule has 25 heavy (non-hydrogen) atoms. The standard InChI is InChI=1S/C21H27N3O/c1-3-14-8-13-10-21(12(2)25)19-16(6-7-24(11-13)20(14)21)17-9-15(22)4-5-18(17)23-19/h4-5,9,13-14,20,23H,3,6-8,10-11,22H2,1-2H3. The van der Waals surface area contributed by atoms with Gasteiger partial charge in [0, 0.05) is 41.4 Å². The Morgan fingerprint density at radius 1 is 1.44 bits per heavy atom. The van der Waals surface area contributed by atoms with Gasteiger partial charge in [-0.2, -0.15) is 0 Å². The van der Waals surface area contributed by atoms with Crippen LogP contribution in [0.1, 0.15) is 44.4 Å². The van der Waals surface area contributed by atoms with Crippen molar-refractivity contribution in [2.45, 2.75) is 51.0 Å². The first kappa shape index (κ1) is 15.4. The van der Waals surface area contributed by atoms with Gasteiger partial charge in [0.05, 0.1) is 5.41 Å². The molecule has 3 aliphatic heterocycles. The summed E-state index contributed by atoms with van der Waals surface area (Å²) in [5, 5.41) is 1.22. The molecule has 1 aromatic heterocycles. The van der Waals surface area contributed by atoms with Crippen LogP contribution in [0.25, 0.3) is 10.9 Å². The van der Waals surface area contributed by atoms with E-state index < -0.39 is 0 Å². The Balaban J connectivity index is 1.81. The molecule has 1 aliphatic carbocycles. The van der Waals surface area contributed by atoms with Crippen LogP contribution < -0.4 is 5.73 Å². The average Bonchev–Trinajstić information content (AvgIpc) is 2.92. The van der Waals surface area contributed by atoms with Gasteiger partial charge in [0.15, 0.2) is 0 Å². The molecule has 1 saturated carbocycles. The van der Waals surface area contributed by atoms with Crippen molar-refractivity contribution >= 4 is 22.4 Å². The molecule has 3 N–H and O–H groups in total. The number of fused-ring (bicyclic) bond motifs is 4. The first-order valence-corrected chi connectivity index (χ1v) is 9.70. The lowest BCUT2D eigenvalue weighted by Gasteiger charge is -2.58. The highest BCUT2D eigenvalue weighted by molar-refractivity contribution is 5.95. The molecular weight excluding hydrogens is 310 g/mol. The summed E-state index contributed by atoms with van der Waals surface area (Å²) in [5.74, 6) is 1.60. The minimum atomic E-state index is -0.360. The Bertz CT molecular complexity index is 869. The van der Waals surface area contributed by atoms with Crippen LogP contribution in [0.15, 0.2) is 18.2 Å². The van der Waals surface area contributed by atoms with Crippen LogP contribution in [0.2, 0.25) is 0 Å². The Morgan fingerprint density at radius 3 is 3.04 bits per heavy atom. The van der Waals surface area contributed by atoms with Crippen LogP contribution in [-0.4, -0.2) is 34.8 Å². The monoisotopic (exact) mass is 337 g/mol. The van der Waals surface area contributed by atoms with E-state index >= 15 is 0 Å². The molecule has 2 aromatic rings. The fourth-order valence-corrected chi connectivity index (χ4v) is 6.37. The summed E-state index contributed by atoms with van der Waals surface area (Å²) in [6, 6.07) is 6.46. The smallest absolute Gasteiger partial charge is 0.143 e. The minimum Gasteiger partial charge on any atom is -0.399 e. The number of nitrogens with two attached hydrogens (primary N) is 1. The molecule has 0 amide bonds. The number of Topliss-reactive ketones (excluding diaryl/α,β-unsaturated/α-hetero) is 1. The van der Waals surface area contributed by atoms with Gasteiger partial charge in [0.2, 0.25) is 0 Å². The zero-order chi connectivity index (χ0) is 17.3. The number of carbonyl (C=O) groups excluding carboxylic acids is 1. The molecule has 2 saturated heterocycles. The highest BCUT2D eigenvalue weighted by atomic mass is 16.1. The number of nitrogens with zero attached hydrogens (tertiary/aromatic N) is 1. The third-order valence-electron chi connectivity index (χ3n) is 7.26. The number of benzene rings is 1. The highest BCUT2D eigenvalue weighted by Crippen LogP contribution is 2.55. The molecule has 3 fully saturated rings. The number of hydrogen-bond donors (Lipinski definition) is 2. The second-order valence-electron chi connectivity index (χ2n) is 8.48. The number of aromatic nitrogens is 1. The molecular formula is C21H27N3O. The van der Waals surface area contributed by atoms with Gasteiger partial charge >= 0.3 is 0 Å². The van der Waals surface area contributed by atoms with E-state index in [-0.39, 0.29) is 5.41 Å². The molecule has 4 nitrogen and oxygen atoms in total. The zero-order valence-corrected chi connectivity index (χ0v) is 15.1. The van der Waals surface area contributed by atoms with E-state index in [4.69, 9.17) is 5.73 Å². The number of aromatic amines is 1. The van der Waals surface area contributed by atoms with Gasteiger partial charge in [-0.25, -0.2) is 0 Å². The first-order chi connectivity index (χ1) is 12.0. The fourth-order valence-electron chi connectivity index (χ4n) is 6.37. The molecule has 132 valence electrons. The van der Waals surface area contributed by atoms with Crippen LogP contribution in [-0.2, 0) is 16.6 Å². The summed E-state index contributed by atoms with van der Waals surface area (Å²) in [7, 11) is 0. The molecule has 4 heterocycles. The fraction of sp³-hybridized carbons (Fsp3) is 0.571. The molecule has 5 unspecified atom stereocenters. The van der Waals surface area contributed by atoms with E-state index in [1.165, 1.54) is 29.6 Å². The Hall–Kier alpha value is -1.81. The van der Waals surface area contributed by atoms with Crippen LogP contribution in [0.5, 0.6) is 0 Å². The highest BCUT2D eigenvalue weighted by Gasteiger charge is 2.60. The van der Waals surface area contributed by atoms with Gasteiger partial charge in [0.1, 0.15) is 5.78 Å². The van der Waals surface area contributed by atoms with Crippen molar-refractivity contribution in [3.05, 3.63) is 29.5 Å². The number of hydrogen-bond acceptors (Lipinski definition) is 3. The number of rotatable bonds is 2. The van der Waals surface area contributed by atoms with Crippen LogP contribution in [0.4, 0.5) is 5.69 Å². The molecule has 4 aliphatic rings. The predicted octanol–water partition coefficient (Wildman–Crippen LogP) is 3.25. The van der Waals surface area contributed by atoms with E-state index in [1.54, 1.807) is 0 Å². The van der Waals surface area contributed by atoms with Crippen molar-refractivity contribution in [2.75, 3.05) is 18.8 Å². The normalized spacial score (nSPS) is 36.2. The predicted molar refractivity (Wildman–Crippen MR) is 101 cm³/mol. The molecule has 5 atom stereocenters. The average molecular weight is 337 g/mol. The second kappa shape index (κ2) is 5.10. The third kappa shape index (κ3) is 1.89. The van der Waals surface area contributed by atoms with Crippen molar-refractivity contribution in [2.24, 2.45) is 11.8 Å². The zero-order valence-electron chi connectivity index (χ0n) is 15.1. The van der Waals surface area contributed by atoms with Gasteiger partial charge in [-0.3, -0.25) is 9.69 Å². The number of nitrogens with one attached hydrogen (secondary N) is 1.